The van der Waals surface area contributed by atoms with Crippen LogP contribution in [0.4, 0.5) is 0 Å². The van der Waals surface area contributed by atoms with Crippen molar-refractivity contribution < 1.29 is 4.57 Å². The molecule has 0 N–H and O–H groups in total. The van der Waals surface area contributed by atoms with Crippen LogP contribution in [0.3, 0.4) is 0 Å². The molecule has 0 spiro atoms. The molecule has 0 radical (unpaired) electrons. The molecule has 0 saturated heterocycles. The smallest absolute Gasteiger partial charge is 0.171 e. The molecule has 2 heteroatoms. The Labute approximate surface area is 221 Å². The van der Waals surface area contributed by atoms with Gasteiger partial charge in [-0.05, 0) is 66.7 Å². The highest BCUT2D eigenvalue weighted by Crippen LogP contribution is 2.51. The number of fused-ring (bicyclic) bond motifs is 7. The molecule has 0 fully saturated rings. The van der Waals surface area contributed by atoms with Gasteiger partial charge in [0, 0.05) is 15.9 Å². The van der Waals surface area contributed by atoms with Crippen molar-refractivity contribution in [1.29, 1.82) is 0 Å². The topological polar surface area (TPSA) is 17.1 Å². The Balaban J connectivity index is 1.57. The predicted molar refractivity (Wildman–Crippen MR) is 163 cm³/mol. The third kappa shape index (κ3) is 2.86. The number of hydrogen-bond donors (Lipinski definition) is 0. The van der Waals surface area contributed by atoms with E-state index in [2.05, 4.69) is 78.9 Å². The van der Waals surface area contributed by atoms with Gasteiger partial charge in [-0.2, -0.15) is 0 Å². The van der Waals surface area contributed by atoms with E-state index in [1.165, 1.54) is 38.4 Å². The number of rotatable bonds is 3. The summed E-state index contributed by atoms with van der Waals surface area (Å²) < 4.78 is 15.5. The van der Waals surface area contributed by atoms with Gasteiger partial charge in [-0.25, -0.2) is 0 Å². The molecule has 0 unspecified atom stereocenters. The second kappa shape index (κ2) is 8.02. The summed E-state index contributed by atoms with van der Waals surface area (Å²) >= 11 is 0. The fourth-order valence-corrected chi connectivity index (χ4v) is 9.32. The van der Waals surface area contributed by atoms with Gasteiger partial charge >= 0.3 is 0 Å². The Morgan fingerprint density at radius 3 is 1.61 bits per heavy atom. The maximum Gasteiger partial charge on any atom is 0.171 e. The van der Waals surface area contributed by atoms with Crippen LogP contribution in [0.5, 0.6) is 0 Å². The van der Waals surface area contributed by atoms with Gasteiger partial charge in [0.1, 0.15) is 0 Å². The van der Waals surface area contributed by atoms with Crippen molar-refractivity contribution >= 4 is 55.4 Å². The second-order valence-electron chi connectivity index (χ2n) is 10.0. The maximum absolute atomic E-state index is 15.5. The third-order valence-electron chi connectivity index (χ3n) is 8.04. The SMILES string of the molecule is O=P(c1ccccc1)(c1ccccc1)c1cc2cc3c4c(cccc4c2c2ccccc12)-c1ccccc1-3. The van der Waals surface area contributed by atoms with Crippen molar-refractivity contribution in [3.8, 4) is 22.3 Å². The summed E-state index contributed by atoms with van der Waals surface area (Å²) in [5, 5.41) is 9.72. The van der Waals surface area contributed by atoms with Crippen LogP contribution in [0, 0.1) is 0 Å². The van der Waals surface area contributed by atoms with Crippen LogP contribution in [0.2, 0.25) is 0 Å². The highest BCUT2D eigenvalue weighted by Gasteiger charge is 2.32. The molecule has 8 rings (SSSR count). The maximum atomic E-state index is 15.5. The van der Waals surface area contributed by atoms with Gasteiger partial charge in [-0.1, -0.05) is 127 Å². The fraction of sp³-hybridized carbons (Fsp3) is 0. The van der Waals surface area contributed by atoms with E-state index in [9.17, 15) is 0 Å². The van der Waals surface area contributed by atoms with Crippen molar-refractivity contribution in [2.45, 2.75) is 0 Å². The van der Waals surface area contributed by atoms with Gasteiger partial charge < -0.3 is 4.57 Å². The van der Waals surface area contributed by atoms with Crippen LogP contribution >= 0.6 is 7.14 Å². The minimum absolute atomic E-state index is 0.855. The number of benzene rings is 7. The van der Waals surface area contributed by atoms with Crippen molar-refractivity contribution in [2.24, 2.45) is 0 Å². The second-order valence-corrected chi connectivity index (χ2v) is 12.8. The summed E-state index contributed by atoms with van der Waals surface area (Å²) in [6, 6.07) is 48.3. The monoisotopic (exact) mass is 502 g/mol. The molecule has 7 aromatic carbocycles. The van der Waals surface area contributed by atoms with E-state index < -0.39 is 7.14 Å². The zero-order chi connectivity index (χ0) is 25.3. The molecule has 7 aromatic rings. The van der Waals surface area contributed by atoms with Crippen LogP contribution in [0.25, 0.3) is 54.6 Å². The van der Waals surface area contributed by atoms with Crippen molar-refractivity contribution in [1.82, 2.24) is 0 Å². The lowest BCUT2D eigenvalue weighted by Crippen LogP contribution is -2.25. The molecule has 0 heterocycles. The zero-order valence-corrected chi connectivity index (χ0v) is 21.5. The van der Waals surface area contributed by atoms with Gasteiger partial charge in [-0.3, -0.25) is 0 Å². The first kappa shape index (κ1) is 21.6. The molecular weight excluding hydrogens is 479 g/mol. The summed E-state index contributed by atoms with van der Waals surface area (Å²) in [6.45, 7) is 0. The van der Waals surface area contributed by atoms with Crippen molar-refractivity contribution in [3.63, 3.8) is 0 Å². The van der Waals surface area contributed by atoms with Crippen LogP contribution in [0.1, 0.15) is 0 Å². The van der Waals surface area contributed by atoms with Crippen LogP contribution in [-0.4, -0.2) is 0 Å². The molecule has 1 aliphatic rings. The average Bonchev–Trinajstić information content (AvgIpc) is 3.32. The molecule has 0 aromatic heterocycles. The van der Waals surface area contributed by atoms with Gasteiger partial charge in [-0.15, -0.1) is 0 Å². The van der Waals surface area contributed by atoms with E-state index in [0.29, 0.717) is 0 Å². The molecule has 1 nitrogen and oxygen atoms in total. The molecule has 0 bridgehead atoms. The molecule has 38 heavy (non-hydrogen) atoms. The molecule has 0 amide bonds. The largest absolute Gasteiger partial charge is 0.309 e. The predicted octanol–water partition coefficient (Wildman–Crippen LogP) is 8.43. The third-order valence-corrected chi connectivity index (χ3v) is 11.1. The number of hydrogen-bond acceptors (Lipinski definition) is 1. The lowest BCUT2D eigenvalue weighted by Gasteiger charge is -2.23. The lowest BCUT2D eigenvalue weighted by atomic mass is 9.93. The van der Waals surface area contributed by atoms with E-state index >= 15 is 4.57 Å². The fourth-order valence-electron chi connectivity index (χ4n) is 6.42. The Bertz CT molecular complexity index is 2050. The van der Waals surface area contributed by atoms with Crippen molar-refractivity contribution in [3.05, 3.63) is 140 Å². The van der Waals surface area contributed by atoms with E-state index in [4.69, 9.17) is 0 Å². The Morgan fingerprint density at radius 1 is 0.395 bits per heavy atom. The molecule has 0 aliphatic heterocycles. The standard InChI is InChI=1S/C36H23OP/c37-38(25-12-3-1-4-13-25,26-14-5-2-6-15-26)34-23-24-22-33-28-17-8-7-16-27(28)30-20-11-21-32(36(30)33)35(24)31-19-10-9-18-29(31)34/h1-23H. The van der Waals surface area contributed by atoms with E-state index in [0.717, 1.165) is 32.1 Å². The van der Waals surface area contributed by atoms with E-state index in [1.54, 1.807) is 0 Å². The molecule has 0 saturated carbocycles. The molecule has 1 aliphatic carbocycles. The summed E-state index contributed by atoms with van der Waals surface area (Å²) in [6.07, 6.45) is 0. The Kier molecular flexibility index (Phi) is 4.56. The first-order valence-corrected chi connectivity index (χ1v) is 14.7. The highest BCUT2D eigenvalue weighted by atomic mass is 31.2. The molecule has 178 valence electrons. The minimum atomic E-state index is -3.16. The minimum Gasteiger partial charge on any atom is -0.309 e. The molecule has 0 atom stereocenters. The first-order chi connectivity index (χ1) is 18.7. The average molecular weight is 503 g/mol. The Hall–Kier alpha value is -4.45. The van der Waals surface area contributed by atoms with Crippen LogP contribution in [0.15, 0.2) is 140 Å². The zero-order valence-electron chi connectivity index (χ0n) is 20.6. The van der Waals surface area contributed by atoms with Gasteiger partial charge in [0.05, 0.1) is 0 Å². The van der Waals surface area contributed by atoms with E-state index in [-0.39, 0.29) is 0 Å². The first-order valence-electron chi connectivity index (χ1n) is 13.0. The Morgan fingerprint density at radius 2 is 0.921 bits per heavy atom. The van der Waals surface area contributed by atoms with E-state index in [1.807, 2.05) is 60.7 Å². The molecular formula is C36H23OP. The normalized spacial score (nSPS) is 12.3. The summed E-state index contributed by atoms with van der Waals surface area (Å²) in [5.41, 5.74) is 5.10. The van der Waals surface area contributed by atoms with Gasteiger partial charge in [0.15, 0.2) is 7.14 Å². The van der Waals surface area contributed by atoms with Gasteiger partial charge in [0.25, 0.3) is 0 Å². The highest BCUT2D eigenvalue weighted by molar-refractivity contribution is 7.85. The quantitative estimate of drug-likeness (QED) is 0.175. The summed E-state index contributed by atoms with van der Waals surface area (Å²) in [4.78, 5) is 0. The van der Waals surface area contributed by atoms with Crippen LogP contribution < -0.4 is 15.9 Å². The van der Waals surface area contributed by atoms with Gasteiger partial charge in [0.2, 0.25) is 0 Å². The van der Waals surface area contributed by atoms with Crippen molar-refractivity contribution in [2.75, 3.05) is 0 Å². The summed E-state index contributed by atoms with van der Waals surface area (Å²) in [5.74, 6) is 0. The summed E-state index contributed by atoms with van der Waals surface area (Å²) in [7, 11) is -3.16. The lowest BCUT2D eigenvalue weighted by molar-refractivity contribution is 0.592. The van der Waals surface area contributed by atoms with Crippen LogP contribution in [-0.2, 0) is 4.57 Å².